The summed E-state index contributed by atoms with van der Waals surface area (Å²) in [5.74, 6) is 2.18. The molecule has 0 saturated heterocycles. The van der Waals surface area contributed by atoms with Gasteiger partial charge in [-0.25, -0.2) is 13.1 Å². The summed E-state index contributed by atoms with van der Waals surface area (Å²) in [4.78, 5) is 4.24. The van der Waals surface area contributed by atoms with Crippen LogP contribution in [0.1, 0.15) is 5.89 Å². The third kappa shape index (κ3) is 4.47. The highest BCUT2D eigenvalue weighted by Crippen LogP contribution is 2.32. The lowest BCUT2D eigenvalue weighted by atomic mass is 10.2. The first-order chi connectivity index (χ1) is 14.4. The molecule has 0 fully saturated rings. The van der Waals surface area contributed by atoms with Crippen LogP contribution in [0.4, 0.5) is 0 Å². The SMILES string of the molecule is COc1ccc(-c2noc(CNS(=O)(=O)c3ccc(OC)c(OC)c3)n2)c(OC)c1. The minimum absolute atomic E-state index is 0.0108. The summed E-state index contributed by atoms with van der Waals surface area (Å²) >= 11 is 0. The van der Waals surface area contributed by atoms with Crippen LogP contribution in [0, 0.1) is 0 Å². The lowest BCUT2D eigenvalue weighted by Gasteiger charge is -2.10. The highest BCUT2D eigenvalue weighted by Gasteiger charge is 2.19. The van der Waals surface area contributed by atoms with E-state index in [2.05, 4.69) is 14.9 Å². The third-order valence-electron chi connectivity index (χ3n) is 4.20. The molecular formula is C19H21N3O7S. The number of methoxy groups -OCH3 is 4. The standard InChI is InChI=1S/C19H21N3O7S/c1-25-12-5-7-14(16(9-12)27-3)19-21-18(29-22-19)11-20-30(23,24)13-6-8-15(26-2)17(10-13)28-4/h5-10,20H,11H2,1-4H3. The first-order valence-electron chi connectivity index (χ1n) is 8.68. The van der Waals surface area contributed by atoms with E-state index < -0.39 is 10.0 Å². The van der Waals surface area contributed by atoms with Crippen LogP contribution in [0.5, 0.6) is 23.0 Å². The first kappa shape index (κ1) is 21.4. The van der Waals surface area contributed by atoms with E-state index in [9.17, 15) is 8.42 Å². The minimum atomic E-state index is -3.85. The molecule has 160 valence electrons. The number of nitrogens with one attached hydrogen (secondary N) is 1. The second-order valence-electron chi connectivity index (χ2n) is 5.92. The van der Waals surface area contributed by atoms with Gasteiger partial charge in [-0.15, -0.1) is 0 Å². The fourth-order valence-corrected chi connectivity index (χ4v) is 3.63. The van der Waals surface area contributed by atoms with Crippen molar-refractivity contribution in [1.82, 2.24) is 14.9 Å². The third-order valence-corrected chi connectivity index (χ3v) is 5.60. The number of hydrogen-bond donors (Lipinski definition) is 1. The van der Waals surface area contributed by atoms with E-state index in [1.165, 1.54) is 39.5 Å². The quantitative estimate of drug-likeness (QED) is 0.539. The summed E-state index contributed by atoms with van der Waals surface area (Å²) in [6.07, 6.45) is 0. The van der Waals surface area contributed by atoms with Crippen LogP contribution in [0.25, 0.3) is 11.4 Å². The Morgan fingerprint density at radius 2 is 1.63 bits per heavy atom. The zero-order chi connectivity index (χ0) is 21.7. The van der Waals surface area contributed by atoms with Crippen molar-refractivity contribution in [3.63, 3.8) is 0 Å². The van der Waals surface area contributed by atoms with Gasteiger partial charge in [-0.1, -0.05) is 5.16 Å². The number of benzene rings is 2. The smallest absolute Gasteiger partial charge is 0.242 e. The van der Waals surface area contributed by atoms with Crippen LogP contribution >= 0.6 is 0 Å². The zero-order valence-corrected chi connectivity index (χ0v) is 17.6. The van der Waals surface area contributed by atoms with Gasteiger partial charge in [0.25, 0.3) is 0 Å². The molecular weight excluding hydrogens is 414 g/mol. The number of rotatable bonds is 9. The Morgan fingerprint density at radius 3 is 2.30 bits per heavy atom. The molecule has 0 aliphatic carbocycles. The Kier molecular flexibility index (Phi) is 6.43. The Morgan fingerprint density at radius 1 is 0.900 bits per heavy atom. The second kappa shape index (κ2) is 9.01. The summed E-state index contributed by atoms with van der Waals surface area (Å²) in [6.45, 7) is -0.192. The van der Waals surface area contributed by atoms with Gasteiger partial charge in [0.2, 0.25) is 21.7 Å². The molecule has 0 aliphatic heterocycles. The van der Waals surface area contributed by atoms with Crippen molar-refractivity contribution in [3.05, 3.63) is 42.3 Å². The maximum atomic E-state index is 12.6. The van der Waals surface area contributed by atoms with Crippen LogP contribution < -0.4 is 23.7 Å². The molecule has 3 rings (SSSR count). The summed E-state index contributed by atoms with van der Waals surface area (Å²) in [5, 5.41) is 3.90. The number of sulfonamides is 1. The van der Waals surface area contributed by atoms with Gasteiger partial charge in [-0.2, -0.15) is 4.98 Å². The van der Waals surface area contributed by atoms with E-state index in [4.69, 9.17) is 23.5 Å². The number of aromatic nitrogens is 2. The molecule has 11 heteroatoms. The van der Waals surface area contributed by atoms with Gasteiger partial charge >= 0.3 is 0 Å². The summed E-state index contributed by atoms with van der Waals surface area (Å²) in [7, 11) is 2.10. The van der Waals surface area contributed by atoms with E-state index in [0.29, 0.717) is 28.6 Å². The lowest BCUT2D eigenvalue weighted by Crippen LogP contribution is -2.23. The van der Waals surface area contributed by atoms with Crippen LogP contribution in [0.2, 0.25) is 0 Å². The maximum absolute atomic E-state index is 12.6. The Bertz CT molecular complexity index is 1130. The van der Waals surface area contributed by atoms with Crippen LogP contribution in [0.15, 0.2) is 45.8 Å². The molecule has 0 radical (unpaired) electrons. The number of ether oxygens (including phenoxy) is 4. The van der Waals surface area contributed by atoms with E-state index in [1.807, 2.05) is 0 Å². The molecule has 1 heterocycles. The van der Waals surface area contributed by atoms with Gasteiger partial charge in [-0.3, -0.25) is 0 Å². The van der Waals surface area contributed by atoms with Gasteiger partial charge in [-0.05, 0) is 24.3 Å². The van der Waals surface area contributed by atoms with Gasteiger partial charge in [0.15, 0.2) is 11.5 Å². The monoisotopic (exact) mass is 435 g/mol. The van der Waals surface area contributed by atoms with Crippen LogP contribution in [0.3, 0.4) is 0 Å². The lowest BCUT2D eigenvalue weighted by molar-refractivity contribution is 0.353. The first-order valence-corrected chi connectivity index (χ1v) is 10.2. The van der Waals surface area contributed by atoms with E-state index in [1.54, 1.807) is 25.3 Å². The molecule has 0 aliphatic rings. The van der Waals surface area contributed by atoms with Crippen molar-refractivity contribution < 1.29 is 31.9 Å². The molecule has 0 bridgehead atoms. The molecule has 0 saturated carbocycles. The summed E-state index contributed by atoms with van der Waals surface area (Å²) in [5.41, 5.74) is 0.580. The fraction of sp³-hybridized carbons (Fsp3) is 0.263. The summed E-state index contributed by atoms with van der Waals surface area (Å²) < 4.78 is 53.5. The molecule has 1 aromatic heterocycles. The van der Waals surface area contributed by atoms with Crippen LogP contribution in [-0.2, 0) is 16.6 Å². The topological polar surface area (TPSA) is 122 Å². The van der Waals surface area contributed by atoms with Gasteiger partial charge in [0.05, 0.1) is 45.4 Å². The molecule has 0 spiro atoms. The zero-order valence-electron chi connectivity index (χ0n) is 16.8. The number of nitrogens with zero attached hydrogens (tertiary/aromatic N) is 2. The van der Waals surface area contributed by atoms with Gasteiger partial charge < -0.3 is 23.5 Å². The molecule has 0 atom stereocenters. The molecule has 3 aromatic rings. The molecule has 2 aromatic carbocycles. The van der Waals surface area contributed by atoms with Crippen molar-refractivity contribution >= 4 is 10.0 Å². The van der Waals surface area contributed by atoms with Crippen molar-refractivity contribution in [2.75, 3.05) is 28.4 Å². The molecule has 30 heavy (non-hydrogen) atoms. The van der Waals surface area contributed by atoms with Gasteiger partial charge in [0.1, 0.15) is 11.5 Å². The molecule has 0 amide bonds. The average Bonchev–Trinajstić information content (AvgIpc) is 3.25. The van der Waals surface area contributed by atoms with Gasteiger partial charge in [0, 0.05) is 12.1 Å². The van der Waals surface area contributed by atoms with Crippen molar-refractivity contribution in [2.45, 2.75) is 11.4 Å². The molecule has 10 nitrogen and oxygen atoms in total. The highest BCUT2D eigenvalue weighted by atomic mass is 32.2. The van der Waals surface area contributed by atoms with Crippen molar-refractivity contribution in [1.29, 1.82) is 0 Å². The predicted molar refractivity (Wildman–Crippen MR) is 106 cm³/mol. The molecule has 1 N–H and O–H groups in total. The minimum Gasteiger partial charge on any atom is -0.497 e. The Balaban J connectivity index is 1.77. The Labute approximate surface area is 173 Å². The molecule has 0 unspecified atom stereocenters. The highest BCUT2D eigenvalue weighted by molar-refractivity contribution is 7.89. The Hall–Kier alpha value is -3.31. The van der Waals surface area contributed by atoms with Crippen molar-refractivity contribution in [2.24, 2.45) is 0 Å². The van der Waals surface area contributed by atoms with E-state index in [0.717, 1.165) is 0 Å². The number of hydrogen-bond acceptors (Lipinski definition) is 9. The predicted octanol–water partition coefficient (Wildman–Crippen LogP) is 2.25. The average molecular weight is 435 g/mol. The van der Waals surface area contributed by atoms with E-state index in [-0.39, 0.29) is 23.2 Å². The van der Waals surface area contributed by atoms with Crippen molar-refractivity contribution in [3.8, 4) is 34.4 Å². The largest absolute Gasteiger partial charge is 0.497 e. The van der Waals surface area contributed by atoms with Crippen LogP contribution in [-0.4, -0.2) is 47.0 Å². The fourth-order valence-electron chi connectivity index (χ4n) is 2.64. The normalized spacial score (nSPS) is 11.2. The second-order valence-corrected chi connectivity index (χ2v) is 7.69. The van der Waals surface area contributed by atoms with E-state index >= 15 is 0 Å². The summed E-state index contributed by atoms with van der Waals surface area (Å²) in [6, 6.07) is 9.42. The maximum Gasteiger partial charge on any atom is 0.242 e.